The van der Waals surface area contributed by atoms with Gasteiger partial charge in [0.25, 0.3) is 0 Å². The van der Waals surface area contributed by atoms with Crippen LogP contribution in [0.25, 0.3) is 0 Å². The third-order valence-electron chi connectivity index (χ3n) is 5.36. The largest absolute Gasteiger partial charge is 0.368 e. The van der Waals surface area contributed by atoms with Gasteiger partial charge < -0.3 is 16.0 Å². The molecule has 3 saturated heterocycles. The number of alkyl halides is 1. The predicted octanol–water partition coefficient (Wildman–Crippen LogP) is -1.76. The van der Waals surface area contributed by atoms with Gasteiger partial charge in [0.1, 0.15) is 6.17 Å². The Hall–Kier alpha value is -1.86. The highest BCUT2D eigenvalue weighted by atomic mass is 32.2. The van der Waals surface area contributed by atoms with Crippen molar-refractivity contribution >= 4 is 27.1 Å². The topological polar surface area (TPSA) is 133 Å². The van der Waals surface area contributed by atoms with Crippen molar-refractivity contribution in [1.29, 1.82) is 0 Å². The summed E-state index contributed by atoms with van der Waals surface area (Å²) in [4.78, 5) is 19.0. The third-order valence-corrected chi connectivity index (χ3v) is 6.97. The molecule has 0 saturated carbocycles. The van der Waals surface area contributed by atoms with Gasteiger partial charge in [0, 0.05) is 32.4 Å². The highest BCUT2D eigenvalue weighted by Crippen LogP contribution is 2.28. The molecule has 0 aromatic carbocycles. The van der Waals surface area contributed by atoms with Gasteiger partial charge in [-0.25, -0.2) is 23.2 Å². The minimum Gasteiger partial charge on any atom is -0.368 e. The van der Waals surface area contributed by atoms with E-state index in [0.29, 0.717) is 18.8 Å². The van der Waals surface area contributed by atoms with E-state index < -0.39 is 34.3 Å². The maximum Gasteiger partial charge on any atom is 0.233 e. The van der Waals surface area contributed by atoms with Crippen molar-refractivity contribution < 1.29 is 17.6 Å². The van der Waals surface area contributed by atoms with Crippen molar-refractivity contribution in [2.24, 2.45) is 11.7 Å². The van der Waals surface area contributed by atoms with E-state index in [9.17, 15) is 17.6 Å². The standard InChI is InChI=1S/C16H24FN7O3S/c17-10-7-20-15-13(14(18)22-24(15)9-10)16(25)21-11-8-19-2-1-12(11)23-3-5-28(26,27)6-4-23/h1-2,8,10,13-15,20,22H,3-7,9,18H2,(H,21,25). The molecule has 3 aliphatic heterocycles. The maximum atomic E-state index is 13.6. The second-order valence-electron chi connectivity index (χ2n) is 7.30. The van der Waals surface area contributed by atoms with Crippen LogP contribution in [0, 0.1) is 5.92 Å². The first kappa shape index (κ1) is 19.5. The number of aromatic nitrogens is 1. The monoisotopic (exact) mass is 413 g/mol. The van der Waals surface area contributed by atoms with Crippen molar-refractivity contribution in [2.45, 2.75) is 18.5 Å². The molecule has 4 rings (SSSR count). The molecule has 154 valence electrons. The lowest BCUT2D eigenvalue weighted by Gasteiger charge is -2.34. The summed E-state index contributed by atoms with van der Waals surface area (Å²) in [5.74, 6) is -0.782. The molecule has 12 heteroatoms. The second kappa shape index (κ2) is 7.52. The number of amides is 1. The van der Waals surface area contributed by atoms with E-state index >= 15 is 0 Å². The number of anilines is 2. The number of hydrogen-bond acceptors (Lipinski definition) is 9. The number of pyridine rings is 1. The average molecular weight is 413 g/mol. The molecule has 4 unspecified atom stereocenters. The number of halogens is 1. The Bertz CT molecular complexity index is 840. The van der Waals surface area contributed by atoms with Gasteiger partial charge in [0.15, 0.2) is 9.84 Å². The number of nitrogens with two attached hydrogens (primary N) is 1. The van der Waals surface area contributed by atoms with Gasteiger partial charge in [-0.3, -0.25) is 15.1 Å². The molecule has 5 N–H and O–H groups in total. The van der Waals surface area contributed by atoms with Crippen LogP contribution in [0.2, 0.25) is 0 Å². The van der Waals surface area contributed by atoms with Gasteiger partial charge >= 0.3 is 0 Å². The molecule has 0 bridgehead atoms. The summed E-state index contributed by atoms with van der Waals surface area (Å²) >= 11 is 0. The molecule has 10 nitrogen and oxygen atoms in total. The van der Waals surface area contributed by atoms with Gasteiger partial charge in [0.2, 0.25) is 5.91 Å². The van der Waals surface area contributed by atoms with E-state index in [1.807, 2.05) is 4.90 Å². The Morgan fingerprint density at radius 1 is 1.36 bits per heavy atom. The number of nitrogens with one attached hydrogen (secondary N) is 3. The minimum atomic E-state index is -3.01. The number of hydrogen-bond donors (Lipinski definition) is 4. The SMILES string of the molecule is NC1NN2CC(F)CNC2C1C(=O)Nc1cnccc1N1CCS(=O)(=O)CC1. The molecule has 4 atom stereocenters. The zero-order valence-corrected chi connectivity index (χ0v) is 16.0. The first-order valence-electron chi connectivity index (χ1n) is 9.20. The summed E-state index contributed by atoms with van der Waals surface area (Å²) in [5.41, 5.74) is 10.2. The summed E-state index contributed by atoms with van der Waals surface area (Å²) in [6, 6.07) is 1.75. The zero-order chi connectivity index (χ0) is 19.9. The van der Waals surface area contributed by atoms with E-state index in [1.54, 1.807) is 17.3 Å². The third kappa shape index (κ3) is 3.82. The lowest BCUT2D eigenvalue weighted by molar-refractivity contribution is -0.121. The van der Waals surface area contributed by atoms with Crippen LogP contribution in [0.5, 0.6) is 0 Å². The van der Waals surface area contributed by atoms with E-state index in [1.165, 1.54) is 6.20 Å². The number of nitrogens with zero attached hydrogens (tertiary/aromatic N) is 3. The lowest BCUT2D eigenvalue weighted by atomic mass is 10.0. The molecular formula is C16H24FN7O3S. The Balaban J connectivity index is 1.49. The molecular weight excluding hydrogens is 389 g/mol. The number of carbonyl (C=O) groups is 1. The second-order valence-corrected chi connectivity index (χ2v) is 9.61. The van der Waals surface area contributed by atoms with Gasteiger partial charge in [-0.05, 0) is 6.07 Å². The molecule has 1 amide bonds. The quantitative estimate of drug-likeness (QED) is 0.455. The summed E-state index contributed by atoms with van der Waals surface area (Å²) in [5, 5.41) is 7.52. The molecule has 28 heavy (non-hydrogen) atoms. The van der Waals surface area contributed by atoms with Crippen molar-refractivity contribution in [3.8, 4) is 0 Å². The summed E-state index contributed by atoms with van der Waals surface area (Å²) in [6.45, 7) is 1.04. The van der Waals surface area contributed by atoms with Crippen molar-refractivity contribution in [3.63, 3.8) is 0 Å². The van der Waals surface area contributed by atoms with Gasteiger partial charge in [0.05, 0.1) is 47.3 Å². The van der Waals surface area contributed by atoms with E-state index in [-0.39, 0.29) is 30.5 Å². The van der Waals surface area contributed by atoms with Crippen LogP contribution in [-0.4, -0.2) is 80.5 Å². The summed E-state index contributed by atoms with van der Waals surface area (Å²) in [6.07, 6.45) is 1.06. The Morgan fingerprint density at radius 3 is 2.86 bits per heavy atom. The molecule has 3 fully saturated rings. The number of fused-ring (bicyclic) bond motifs is 1. The van der Waals surface area contributed by atoms with Crippen LogP contribution in [0.15, 0.2) is 18.5 Å². The summed E-state index contributed by atoms with van der Waals surface area (Å²) < 4.78 is 37.0. The number of hydrazine groups is 1. The van der Waals surface area contributed by atoms with Crippen LogP contribution in [0.1, 0.15) is 0 Å². The van der Waals surface area contributed by atoms with Crippen molar-refractivity contribution in [3.05, 3.63) is 18.5 Å². The summed E-state index contributed by atoms with van der Waals surface area (Å²) in [7, 11) is -3.01. The van der Waals surface area contributed by atoms with Crippen LogP contribution >= 0.6 is 0 Å². The normalized spacial score (nSPS) is 32.7. The maximum absolute atomic E-state index is 13.6. The fourth-order valence-electron chi connectivity index (χ4n) is 3.91. The van der Waals surface area contributed by atoms with Gasteiger partial charge in [-0.15, -0.1) is 0 Å². The van der Waals surface area contributed by atoms with Gasteiger partial charge in [-0.2, -0.15) is 0 Å². The predicted molar refractivity (Wildman–Crippen MR) is 102 cm³/mol. The van der Waals surface area contributed by atoms with Gasteiger partial charge in [-0.1, -0.05) is 0 Å². The number of rotatable bonds is 3. The fourth-order valence-corrected chi connectivity index (χ4v) is 5.11. The van der Waals surface area contributed by atoms with E-state index in [0.717, 1.165) is 5.69 Å². The number of carbonyl (C=O) groups excluding carboxylic acids is 1. The molecule has 4 heterocycles. The Morgan fingerprint density at radius 2 is 2.11 bits per heavy atom. The van der Waals surface area contributed by atoms with Crippen LogP contribution in [-0.2, 0) is 14.6 Å². The van der Waals surface area contributed by atoms with Crippen molar-refractivity contribution in [2.75, 3.05) is 47.9 Å². The first-order valence-corrected chi connectivity index (χ1v) is 11.0. The van der Waals surface area contributed by atoms with E-state index in [4.69, 9.17) is 5.73 Å². The Labute approximate surface area is 162 Å². The smallest absolute Gasteiger partial charge is 0.233 e. The fraction of sp³-hybridized carbons (Fsp3) is 0.625. The molecule has 0 spiro atoms. The molecule has 0 radical (unpaired) electrons. The van der Waals surface area contributed by atoms with Crippen molar-refractivity contribution in [1.82, 2.24) is 20.7 Å². The zero-order valence-electron chi connectivity index (χ0n) is 15.2. The average Bonchev–Trinajstić information content (AvgIpc) is 2.97. The first-order chi connectivity index (χ1) is 13.3. The molecule has 1 aromatic rings. The lowest BCUT2D eigenvalue weighted by Crippen LogP contribution is -2.58. The highest BCUT2D eigenvalue weighted by molar-refractivity contribution is 7.91. The molecule has 1 aromatic heterocycles. The highest BCUT2D eigenvalue weighted by Gasteiger charge is 2.47. The van der Waals surface area contributed by atoms with Crippen LogP contribution < -0.4 is 26.7 Å². The van der Waals surface area contributed by atoms with Crippen LogP contribution in [0.3, 0.4) is 0 Å². The van der Waals surface area contributed by atoms with E-state index in [2.05, 4.69) is 21.0 Å². The molecule has 0 aliphatic carbocycles. The number of sulfone groups is 1. The molecule has 3 aliphatic rings. The minimum absolute atomic E-state index is 0.0749. The Kier molecular flexibility index (Phi) is 5.22. The van der Waals surface area contributed by atoms with Crippen LogP contribution in [0.4, 0.5) is 15.8 Å².